The summed E-state index contributed by atoms with van der Waals surface area (Å²) in [5, 5.41) is 12.9. The van der Waals surface area contributed by atoms with Gasteiger partial charge in [0, 0.05) is 30.1 Å². The van der Waals surface area contributed by atoms with Gasteiger partial charge >= 0.3 is 6.09 Å². The molecule has 1 aliphatic rings. The fourth-order valence-electron chi connectivity index (χ4n) is 5.49. The Kier molecular flexibility index (Phi) is 8.56. The molecule has 2 aromatic heterocycles. The van der Waals surface area contributed by atoms with Gasteiger partial charge in [0.25, 0.3) is 0 Å². The van der Waals surface area contributed by atoms with Gasteiger partial charge in [-0.25, -0.2) is 24.8 Å². The molecular weight excluding hydrogens is 530 g/mol. The number of amides is 1. The van der Waals surface area contributed by atoms with E-state index in [0.29, 0.717) is 24.6 Å². The van der Waals surface area contributed by atoms with Gasteiger partial charge in [0.15, 0.2) is 0 Å². The summed E-state index contributed by atoms with van der Waals surface area (Å²) in [7, 11) is 0. The molecule has 0 bridgehead atoms. The average Bonchev–Trinajstić information content (AvgIpc) is 3.76. The maximum atomic E-state index is 12.2. The maximum Gasteiger partial charge on any atom is 0.422 e. The van der Waals surface area contributed by atoms with E-state index in [1.54, 1.807) is 5.01 Å². The highest BCUT2D eigenvalue weighted by Gasteiger charge is 2.39. The molecular formula is C32H39N7O3. The van der Waals surface area contributed by atoms with Crippen molar-refractivity contribution in [3.05, 3.63) is 72.6 Å². The van der Waals surface area contributed by atoms with Crippen molar-refractivity contribution in [2.75, 3.05) is 6.54 Å². The van der Waals surface area contributed by atoms with E-state index in [0.717, 1.165) is 52.3 Å². The molecule has 1 saturated heterocycles. The Morgan fingerprint density at radius 2 is 1.48 bits per heavy atom. The summed E-state index contributed by atoms with van der Waals surface area (Å²) in [5.74, 6) is 1.64. The second-order valence-electron chi connectivity index (χ2n) is 11.6. The Balaban J connectivity index is 1.30. The Morgan fingerprint density at radius 1 is 0.929 bits per heavy atom. The summed E-state index contributed by atoms with van der Waals surface area (Å²) in [6.07, 6.45) is 4.90. The molecule has 10 heteroatoms. The van der Waals surface area contributed by atoms with Gasteiger partial charge in [-0.3, -0.25) is 0 Å². The third-order valence-electron chi connectivity index (χ3n) is 8.04. The van der Waals surface area contributed by atoms with E-state index >= 15 is 0 Å². The number of rotatable bonds is 10. The van der Waals surface area contributed by atoms with Crippen LogP contribution in [0.25, 0.3) is 33.6 Å². The van der Waals surface area contributed by atoms with Crippen molar-refractivity contribution in [3.8, 4) is 33.6 Å². The molecule has 42 heavy (non-hydrogen) atoms. The minimum Gasteiger partial charge on any atom is -0.464 e. The minimum absolute atomic E-state index is 0.127. The second-order valence-corrected chi connectivity index (χ2v) is 11.6. The second kappa shape index (κ2) is 12.3. The Morgan fingerprint density at radius 3 is 2.00 bits per heavy atom. The zero-order valence-electron chi connectivity index (χ0n) is 24.5. The van der Waals surface area contributed by atoms with E-state index in [4.69, 9.17) is 10.7 Å². The molecule has 1 amide bonds. The fourth-order valence-corrected chi connectivity index (χ4v) is 5.49. The number of nitrogens with zero attached hydrogens (tertiary/aromatic N) is 4. The Bertz CT molecular complexity index is 1510. The van der Waals surface area contributed by atoms with Crippen molar-refractivity contribution >= 4 is 12.4 Å². The van der Waals surface area contributed by atoms with Crippen molar-refractivity contribution < 1.29 is 14.7 Å². The van der Waals surface area contributed by atoms with E-state index < -0.39 is 12.1 Å². The largest absolute Gasteiger partial charge is 0.464 e. The van der Waals surface area contributed by atoms with Crippen LogP contribution >= 0.6 is 0 Å². The SMILES string of the molecule is CC(C)C(C=O)N(C(=O)O)N1CCCC1c1nc(-c2ccc(-c3ccc(-c4c[nH]c([C@@H](N)C(C)C)n4)cc3)cc2)c[nH]1. The number of nitrogens with one attached hydrogen (secondary N) is 2. The van der Waals surface area contributed by atoms with Crippen LogP contribution < -0.4 is 5.73 Å². The molecule has 220 valence electrons. The van der Waals surface area contributed by atoms with Crippen LogP contribution in [0.5, 0.6) is 0 Å². The number of imidazole rings is 2. The van der Waals surface area contributed by atoms with Gasteiger partial charge in [0.2, 0.25) is 0 Å². The number of benzene rings is 2. The highest BCUT2D eigenvalue weighted by molar-refractivity contribution is 5.72. The van der Waals surface area contributed by atoms with Crippen molar-refractivity contribution in [1.29, 1.82) is 0 Å². The number of hydrogen-bond donors (Lipinski definition) is 4. The van der Waals surface area contributed by atoms with Gasteiger partial charge in [-0.1, -0.05) is 76.2 Å². The Labute approximate surface area is 246 Å². The molecule has 0 radical (unpaired) electrons. The van der Waals surface area contributed by atoms with E-state index in [2.05, 4.69) is 65.2 Å². The fraction of sp³-hybridized carbons (Fsp3) is 0.375. The van der Waals surface area contributed by atoms with Gasteiger partial charge < -0.3 is 25.6 Å². The van der Waals surface area contributed by atoms with Crippen molar-refractivity contribution in [2.45, 2.75) is 58.7 Å². The van der Waals surface area contributed by atoms with Gasteiger partial charge in [0.05, 0.1) is 23.5 Å². The van der Waals surface area contributed by atoms with Crippen molar-refractivity contribution in [1.82, 2.24) is 30.0 Å². The smallest absolute Gasteiger partial charge is 0.422 e. The molecule has 0 saturated carbocycles. The summed E-state index contributed by atoms with van der Waals surface area (Å²) in [5.41, 5.74) is 12.0. The van der Waals surface area contributed by atoms with Crippen molar-refractivity contribution in [3.63, 3.8) is 0 Å². The molecule has 4 aromatic rings. The van der Waals surface area contributed by atoms with Crippen molar-refractivity contribution in [2.24, 2.45) is 17.6 Å². The topological polar surface area (TPSA) is 144 Å². The molecule has 1 fully saturated rings. The van der Waals surface area contributed by atoms with Gasteiger partial charge in [-0.15, -0.1) is 0 Å². The van der Waals surface area contributed by atoms with Gasteiger partial charge in [0.1, 0.15) is 24.0 Å². The van der Waals surface area contributed by atoms with Crippen LogP contribution in [-0.4, -0.2) is 60.0 Å². The number of hydrazine groups is 1. The van der Waals surface area contributed by atoms with Crippen LogP contribution in [0.4, 0.5) is 4.79 Å². The standard InChI is InChI=1S/C32H39N7O3/c1-19(2)28(18-40)39(32(41)42)38-15-5-6-27(38)30-34-16-25(36-30)23-11-7-21(8-12-23)22-9-13-24(14-10-22)26-17-35-31(37-26)29(33)20(3)4/h7-14,16-20,27-29H,5-6,15,33H2,1-4H3,(H,34,36)(H,35,37)(H,41,42)/t27?,28?,29-/m0/s1. The molecule has 10 nitrogen and oxygen atoms in total. The van der Waals surface area contributed by atoms with E-state index in [-0.39, 0.29) is 18.0 Å². The van der Waals surface area contributed by atoms with Crippen LogP contribution in [0.1, 0.15) is 64.3 Å². The van der Waals surface area contributed by atoms with E-state index in [1.165, 1.54) is 5.01 Å². The molecule has 3 heterocycles. The predicted octanol–water partition coefficient (Wildman–Crippen LogP) is 6.05. The van der Waals surface area contributed by atoms with Crippen LogP contribution in [0.15, 0.2) is 60.9 Å². The summed E-state index contributed by atoms with van der Waals surface area (Å²) in [6, 6.07) is 15.4. The lowest BCUT2D eigenvalue weighted by atomic mass is 10.0. The van der Waals surface area contributed by atoms with E-state index in [9.17, 15) is 14.7 Å². The monoisotopic (exact) mass is 569 g/mol. The van der Waals surface area contributed by atoms with Crippen LogP contribution in [-0.2, 0) is 4.79 Å². The van der Waals surface area contributed by atoms with Crippen LogP contribution in [0.3, 0.4) is 0 Å². The third kappa shape index (κ3) is 5.86. The minimum atomic E-state index is -1.13. The quantitative estimate of drug-likeness (QED) is 0.170. The normalized spacial score (nSPS) is 17.1. The number of H-pyrrole nitrogens is 2. The number of aldehydes is 1. The summed E-state index contributed by atoms with van der Waals surface area (Å²) < 4.78 is 0. The number of nitrogens with two attached hydrogens (primary N) is 1. The molecule has 0 aliphatic carbocycles. The average molecular weight is 570 g/mol. The first-order chi connectivity index (χ1) is 20.2. The summed E-state index contributed by atoms with van der Waals surface area (Å²) in [4.78, 5) is 39.9. The molecule has 5 N–H and O–H groups in total. The first-order valence-corrected chi connectivity index (χ1v) is 14.5. The Hall–Kier alpha value is -4.28. The summed E-state index contributed by atoms with van der Waals surface area (Å²) >= 11 is 0. The maximum absolute atomic E-state index is 12.2. The number of carbonyl (C=O) groups excluding carboxylic acids is 1. The van der Waals surface area contributed by atoms with Gasteiger partial charge in [-0.05, 0) is 35.8 Å². The lowest BCUT2D eigenvalue weighted by Crippen LogP contribution is -2.53. The predicted molar refractivity (Wildman–Crippen MR) is 162 cm³/mol. The highest BCUT2D eigenvalue weighted by Crippen LogP contribution is 2.35. The first kappa shape index (κ1) is 29.2. The summed E-state index contributed by atoms with van der Waals surface area (Å²) in [6.45, 7) is 8.40. The number of aromatic nitrogens is 4. The molecule has 2 aromatic carbocycles. The molecule has 0 spiro atoms. The number of aromatic amines is 2. The molecule has 3 atom stereocenters. The van der Waals surface area contributed by atoms with Crippen LogP contribution in [0.2, 0.25) is 0 Å². The molecule has 2 unspecified atom stereocenters. The highest BCUT2D eigenvalue weighted by atomic mass is 16.4. The number of carbonyl (C=O) groups is 2. The molecule has 5 rings (SSSR count). The molecule has 1 aliphatic heterocycles. The lowest BCUT2D eigenvalue weighted by Gasteiger charge is -2.38. The lowest BCUT2D eigenvalue weighted by molar-refractivity contribution is -0.123. The zero-order chi connectivity index (χ0) is 30.0. The van der Waals surface area contributed by atoms with Crippen LogP contribution in [0, 0.1) is 11.8 Å². The third-order valence-corrected chi connectivity index (χ3v) is 8.04. The first-order valence-electron chi connectivity index (χ1n) is 14.5. The van der Waals surface area contributed by atoms with E-state index in [1.807, 2.05) is 38.4 Å². The van der Waals surface area contributed by atoms with Gasteiger partial charge in [-0.2, -0.15) is 0 Å². The number of hydrogen-bond acceptors (Lipinski definition) is 6. The number of carboxylic acid groups (broad SMARTS) is 1. The zero-order valence-corrected chi connectivity index (χ0v) is 24.5.